The number of hydrogen-bond acceptors (Lipinski definition) is 3. The summed E-state index contributed by atoms with van der Waals surface area (Å²) in [6, 6.07) is 9.42. The van der Waals surface area contributed by atoms with Crippen LogP contribution in [0.3, 0.4) is 0 Å². The number of carbonyl (C=O) groups excluding carboxylic acids is 1. The molecule has 4 heteroatoms. The number of imidazole rings is 1. The standard InChI is InChI=1S/C19H24N2O2/c1-15-20-12-13-21(15)14-18(22)19(23,16-8-4-2-5-9-16)17-10-6-3-7-11-17/h2,4-5,8-9,12-13,17,23H,3,6-7,10-11,14H2,1H3. The van der Waals surface area contributed by atoms with Gasteiger partial charge in [0, 0.05) is 12.4 Å². The molecule has 1 aliphatic rings. The largest absolute Gasteiger partial charge is 0.377 e. The lowest BCUT2D eigenvalue weighted by atomic mass is 9.71. The zero-order valence-corrected chi connectivity index (χ0v) is 13.6. The number of aromatic nitrogens is 2. The number of hydrogen-bond donors (Lipinski definition) is 1. The van der Waals surface area contributed by atoms with Gasteiger partial charge in [-0.1, -0.05) is 49.6 Å². The number of ketones is 1. The fourth-order valence-corrected chi connectivity index (χ4v) is 3.68. The van der Waals surface area contributed by atoms with Gasteiger partial charge in [0.15, 0.2) is 11.4 Å². The van der Waals surface area contributed by atoms with Crippen molar-refractivity contribution >= 4 is 5.78 Å². The quantitative estimate of drug-likeness (QED) is 0.922. The van der Waals surface area contributed by atoms with E-state index in [0.717, 1.165) is 37.1 Å². The molecule has 23 heavy (non-hydrogen) atoms. The molecule has 1 aromatic carbocycles. The highest BCUT2D eigenvalue weighted by molar-refractivity contribution is 5.88. The summed E-state index contributed by atoms with van der Waals surface area (Å²) in [5.74, 6) is 0.643. The van der Waals surface area contributed by atoms with Gasteiger partial charge in [-0.05, 0) is 31.2 Å². The molecular weight excluding hydrogens is 288 g/mol. The van der Waals surface area contributed by atoms with Gasteiger partial charge in [-0.2, -0.15) is 0 Å². The predicted molar refractivity (Wildman–Crippen MR) is 88.9 cm³/mol. The SMILES string of the molecule is Cc1nccn1CC(=O)C(O)(c1ccccc1)C1CCCCC1. The summed E-state index contributed by atoms with van der Waals surface area (Å²) in [6.45, 7) is 2.03. The molecule has 2 aromatic rings. The molecular formula is C19H24N2O2. The number of carbonyl (C=O) groups is 1. The highest BCUT2D eigenvalue weighted by Crippen LogP contribution is 2.40. The van der Waals surface area contributed by atoms with E-state index in [0.29, 0.717) is 0 Å². The van der Waals surface area contributed by atoms with Crippen molar-refractivity contribution in [3.8, 4) is 0 Å². The average molecular weight is 312 g/mol. The number of aryl methyl sites for hydroxylation is 1. The number of Topliss-reactive ketones (excluding diaryl/α,β-unsaturated/α-hetero) is 1. The summed E-state index contributed by atoms with van der Waals surface area (Å²) < 4.78 is 1.80. The van der Waals surface area contributed by atoms with E-state index in [2.05, 4.69) is 4.98 Å². The molecule has 1 heterocycles. The monoisotopic (exact) mass is 312 g/mol. The Kier molecular flexibility index (Phi) is 4.62. The highest BCUT2D eigenvalue weighted by atomic mass is 16.3. The third-order valence-corrected chi connectivity index (χ3v) is 5.07. The van der Waals surface area contributed by atoms with Gasteiger partial charge in [0.2, 0.25) is 0 Å². The lowest BCUT2D eigenvalue weighted by molar-refractivity contribution is -0.147. The molecule has 1 aromatic heterocycles. The van der Waals surface area contributed by atoms with E-state index in [1.807, 2.05) is 37.3 Å². The van der Waals surface area contributed by atoms with Crippen molar-refractivity contribution in [3.63, 3.8) is 0 Å². The van der Waals surface area contributed by atoms with Crippen molar-refractivity contribution in [2.45, 2.75) is 51.2 Å². The van der Waals surface area contributed by atoms with Crippen LogP contribution in [-0.4, -0.2) is 20.4 Å². The third kappa shape index (κ3) is 3.08. The van der Waals surface area contributed by atoms with Crippen LogP contribution in [0.1, 0.15) is 43.5 Å². The van der Waals surface area contributed by atoms with Gasteiger partial charge in [0.1, 0.15) is 5.82 Å². The van der Waals surface area contributed by atoms with Crippen LogP contribution in [0.2, 0.25) is 0 Å². The number of rotatable bonds is 5. The first kappa shape index (κ1) is 15.9. The molecule has 1 N–H and O–H groups in total. The van der Waals surface area contributed by atoms with Crippen LogP contribution < -0.4 is 0 Å². The highest BCUT2D eigenvalue weighted by Gasteiger charge is 2.45. The zero-order valence-electron chi connectivity index (χ0n) is 13.6. The third-order valence-electron chi connectivity index (χ3n) is 5.07. The Bertz CT molecular complexity index is 659. The van der Waals surface area contributed by atoms with E-state index in [1.165, 1.54) is 6.42 Å². The minimum atomic E-state index is -1.40. The molecule has 122 valence electrons. The number of benzene rings is 1. The second-order valence-corrected chi connectivity index (χ2v) is 6.49. The minimum Gasteiger partial charge on any atom is -0.377 e. The topological polar surface area (TPSA) is 55.1 Å². The lowest BCUT2D eigenvalue weighted by Crippen LogP contribution is -2.45. The maximum atomic E-state index is 13.1. The Labute approximate surface area is 137 Å². The molecule has 4 nitrogen and oxygen atoms in total. The van der Waals surface area contributed by atoms with Crippen LogP contribution in [0.4, 0.5) is 0 Å². The number of nitrogens with zero attached hydrogens (tertiary/aromatic N) is 2. The van der Waals surface area contributed by atoms with Crippen molar-refractivity contribution in [3.05, 3.63) is 54.1 Å². The fourth-order valence-electron chi connectivity index (χ4n) is 3.68. The van der Waals surface area contributed by atoms with Crippen LogP contribution in [-0.2, 0) is 16.9 Å². The Morgan fingerprint density at radius 2 is 1.96 bits per heavy atom. The molecule has 1 unspecified atom stereocenters. The van der Waals surface area contributed by atoms with E-state index in [9.17, 15) is 9.90 Å². The van der Waals surface area contributed by atoms with E-state index in [1.54, 1.807) is 17.0 Å². The first-order chi connectivity index (χ1) is 11.1. The minimum absolute atomic E-state index is 0.00465. The predicted octanol–water partition coefficient (Wildman–Crippen LogP) is 3.23. The Balaban J connectivity index is 1.94. The van der Waals surface area contributed by atoms with Crippen LogP contribution in [0.15, 0.2) is 42.7 Å². The Morgan fingerprint density at radius 1 is 1.26 bits per heavy atom. The van der Waals surface area contributed by atoms with Crippen LogP contribution in [0.5, 0.6) is 0 Å². The molecule has 1 saturated carbocycles. The summed E-state index contributed by atoms with van der Waals surface area (Å²) >= 11 is 0. The van der Waals surface area contributed by atoms with Gasteiger partial charge in [0.05, 0.1) is 6.54 Å². The summed E-state index contributed by atoms with van der Waals surface area (Å²) in [4.78, 5) is 17.3. The van der Waals surface area contributed by atoms with Crippen molar-refractivity contribution in [2.75, 3.05) is 0 Å². The first-order valence-corrected chi connectivity index (χ1v) is 8.41. The fraction of sp³-hybridized carbons (Fsp3) is 0.474. The molecule has 0 bridgehead atoms. The van der Waals surface area contributed by atoms with Gasteiger partial charge in [-0.3, -0.25) is 4.79 Å². The maximum Gasteiger partial charge on any atom is 0.188 e. The van der Waals surface area contributed by atoms with Gasteiger partial charge in [-0.15, -0.1) is 0 Å². The van der Waals surface area contributed by atoms with Crippen LogP contribution >= 0.6 is 0 Å². The molecule has 0 aliphatic heterocycles. The van der Waals surface area contributed by atoms with Gasteiger partial charge in [0.25, 0.3) is 0 Å². The Morgan fingerprint density at radius 3 is 2.57 bits per heavy atom. The van der Waals surface area contributed by atoms with E-state index in [-0.39, 0.29) is 18.2 Å². The molecule has 1 aliphatic carbocycles. The average Bonchev–Trinajstić information content (AvgIpc) is 3.00. The van der Waals surface area contributed by atoms with Crippen molar-refractivity contribution < 1.29 is 9.90 Å². The van der Waals surface area contributed by atoms with Gasteiger partial charge < -0.3 is 9.67 Å². The van der Waals surface area contributed by atoms with Crippen molar-refractivity contribution in [2.24, 2.45) is 5.92 Å². The molecule has 3 rings (SSSR count). The smallest absolute Gasteiger partial charge is 0.188 e. The Hall–Kier alpha value is -1.94. The molecule has 1 fully saturated rings. The summed E-state index contributed by atoms with van der Waals surface area (Å²) in [6.07, 6.45) is 8.63. The van der Waals surface area contributed by atoms with Gasteiger partial charge >= 0.3 is 0 Å². The lowest BCUT2D eigenvalue weighted by Gasteiger charge is -2.38. The second-order valence-electron chi connectivity index (χ2n) is 6.49. The first-order valence-electron chi connectivity index (χ1n) is 8.41. The summed E-state index contributed by atoms with van der Waals surface area (Å²) in [5, 5.41) is 11.5. The van der Waals surface area contributed by atoms with Crippen LogP contribution in [0.25, 0.3) is 0 Å². The molecule has 0 saturated heterocycles. The van der Waals surface area contributed by atoms with E-state index < -0.39 is 5.60 Å². The second kappa shape index (κ2) is 6.67. The van der Waals surface area contributed by atoms with Crippen molar-refractivity contribution in [1.82, 2.24) is 9.55 Å². The maximum absolute atomic E-state index is 13.1. The molecule has 0 spiro atoms. The van der Waals surface area contributed by atoms with E-state index in [4.69, 9.17) is 0 Å². The summed E-state index contributed by atoms with van der Waals surface area (Å²) in [7, 11) is 0. The zero-order chi connectivity index (χ0) is 16.3. The normalized spacial score (nSPS) is 18.5. The van der Waals surface area contributed by atoms with Crippen molar-refractivity contribution in [1.29, 1.82) is 0 Å². The number of aliphatic hydroxyl groups is 1. The van der Waals surface area contributed by atoms with Crippen LogP contribution in [0, 0.1) is 12.8 Å². The summed E-state index contributed by atoms with van der Waals surface area (Å²) in [5.41, 5.74) is -0.687. The molecule has 0 radical (unpaired) electrons. The molecule has 0 amide bonds. The van der Waals surface area contributed by atoms with E-state index >= 15 is 0 Å². The van der Waals surface area contributed by atoms with Gasteiger partial charge in [-0.25, -0.2) is 4.98 Å². The molecule has 1 atom stereocenters.